The summed E-state index contributed by atoms with van der Waals surface area (Å²) in [6, 6.07) is 0. The van der Waals surface area contributed by atoms with Gasteiger partial charge in [0.1, 0.15) is 5.78 Å². The van der Waals surface area contributed by atoms with Gasteiger partial charge in [0.15, 0.2) is 0 Å². The van der Waals surface area contributed by atoms with Gasteiger partial charge >= 0.3 is 0 Å². The van der Waals surface area contributed by atoms with Crippen LogP contribution in [-0.4, -0.2) is 19.0 Å². The molecule has 1 aliphatic carbocycles. The van der Waals surface area contributed by atoms with E-state index in [2.05, 4.69) is 6.42 Å². The fourth-order valence-corrected chi connectivity index (χ4v) is 1.02. The summed E-state index contributed by atoms with van der Waals surface area (Å²) >= 11 is 0. The molecule has 0 spiro atoms. The Morgan fingerprint density at radius 3 is 3.00 bits per heavy atom. The molecule has 0 aromatic rings. The van der Waals surface area contributed by atoms with Crippen molar-refractivity contribution in [1.29, 1.82) is 0 Å². The first-order chi connectivity index (χ1) is 4.33. The summed E-state index contributed by atoms with van der Waals surface area (Å²) in [6.07, 6.45) is 4.32. The maximum atomic E-state index is 10.7. The molecule has 1 rings (SSSR count). The Morgan fingerprint density at radius 2 is 2.56 bits per heavy atom. The molecule has 1 saturated carbocycles. The lowest BCUT2D eigenvalue weighted by molar-refractivity contribution is -0.122. The van der Waals surface area contributed by atoms with E-state index in [1.165, 1.54) is 0 Å². The molecule has 1 unspecified atom stereocenters. The van der Waals surface area contributed by atoms with Crippen molar-refractivity contribution in [3.63, 3.8) is 0 Å². The van der Waals surface area contributed by atoms with Crippen molar-refractivity contribution in [2.45, 2.75) is 25.4 Å². The van der Waals surface area contributed by atoms with Gasteiger partial charge < -0.3 is 4.74 Å². The molecule has 1 atom stereocenters. The fraction of sp³-hybridized carbons (Fsp3) is 0.714. The van der Waals surface area contributed by atoms with Crippen LogP contribution in [0.1, 0.15) is 19.3 Å². The third-order valence-corrected chi connectivity index (χ3v) is 1.58. The first-order valence-corrected chi connectivity index (χ1v) is 3.21. The number of carbonyl (C=O) groups is 1. The normalized spacial score (nSPS) is 28.6. The number of carbonyl (C=O) groups excluding carboxylic acids is 1. The Bertz CT molecular complexity index is 109. The molecular formula is C7H11O2. The summed E-state index contributed by atoms with van der Waals surface area (Å²) in [6.45, 7) is 0. The van der Waals surface area contributed by atoms with Gasteiger partial charge in [0.2, 0.25) is 0 Å². The van der Waals surface area contributed by atoms with Gasteiger partial charge in [-0.2, -0.15) is 0 Å². The van der Waals surface area contributed by atoms with E-state index in [4.69, 9.17) is 4.74 Å². The van der Waals surface area contributed by atoms with E-state index in [0.29, 0.717) is 18.6 Å². The van der Waals surface area contributed by atoms with E-state index in [0.717, 1.165) is 6.42 Å². The number of Topliss-reactive ketones (excluding diaryl/α,β-unsaturated/α-hetero) is 1. The van der Waals surface area contributed by atoms with Crippen LogP contribution in [0.5, 0.6) is 0 Å². The molecule has 2 nitrogen and oxygen atoms in total. The molecule has 0 saturated heterocycles. The van der Waals surface area contributed by atoms with Crippen molar-refractivity contribution in [1.82, 2.24) is 0 Å². The lowest BCUT2D eigenvalue weighted by Gasteiger charge is -2.17. The summed E-state index contributed by atoms with van der Waals surface area (Å²) in [5, 5.41) is 0. The highest BCUT2D eigenvalue weighted by atomic mass is 16.5. The van der Waals surface area contributed by atoms with Gasteiger partial charge in [0, 0.05) is 20.0 Å². The topological polar surface area (TPSA) is 26.3 Å². The highest BCUT2D eigenvalue weighted by Crippen LogP contribution is 2.15. The van der Waals surface area contributed by atoms with Gasteiger partial charge in [-0.05, 0) is 12.8 Å². The van der Waals surface area contributed by atoms with Crippen LogP contribution in [0.3, 0.4) is 0 Å². The maximum absolute atomic E-state index is 10.7. The monoisotopic (exact) mass is 127 g/mol. The third-order valence-electron chi connectivity index (χ3n) is 1.58. The molecule has 0 aliphatic heterocycles. The third kappa shape index (κ3) is 1.79. The number of rotatable bonds is 1. The zero-order chi connectivity index (χ0) is 6.69. The minimum atomic E-state index is 0.0891. The van der Waals surface area contributed by atoms with E-state index >= 15 is 0 Å². The minimum absolute atomic E-state index is 0.0891. The molecule has 0 amide bonds. The van der Waals surface area contributed by atoms with Crippen molar-refractivity contribution >= 4 is 5.78 Å². The van der Waals surface area contributed by atoms with Gasteiger partial charge in [-0.25, -0.2) is 0 Å². The molecule has 0 aromatic heterocycles. The SMILES string of the molecule is COC1[CH]CCC(=O)C1. The Balaban J connectivity index is 2.32. The predicted octanol–water partition coefficient (Wildman–Crippen LogP) is 0.959. The Morgan fingerprint density at radius 1 is 1.78 bits per heavy atom. The molecule has 0 aromatic carbocycles. The van der Waals surface area contributed by atoms with Crippen molar-refractivity contribution in [3.05, 3.63) is 6.42 Å². The van der Waals surface area contributed by atoms with Crippen molar-refractivity contribution in [2.75, 3.05) is 7.11 Å². The fourth-order valence-electron chi connectivity index (χ4n) is 1.02. The number of hydrogen-bond donors (Lipinski definition) is 0. The molecule has 0 heterocycles. The quantitative estimate of drug-likeness (QED) is 0.524. The second kappa shape index (κ2) is 2.97. The van der Waals surface area contributed by atoms with Crippen molar-refractivity contribution < 1.29 is 9.53 Å². The summed E-state index contributed by atoms with van der Waals surface area (Å²) in [7, 11) is 1.64. The number of ketones is 1. The molecule has 0 bridgehead atoms. The largest absolute Gasteiger partial charge is 0.381 e. The Kier molecular flexibility index (Phi) is 2.22. The van der Waals surface area contributed by atoms with E-state index in [9.17, 15) is 4.79 Å². The van der Waals surface area contributed by atoms with E-state index in [-0.39, 0.29) is 6.10 Å². The van der Waals surface area contributed by atoms with Crippen LogP contribution >= 0.6 is 0 Å². The molecule has 9 heavy (non-hydrogen) atoms. The zero-order valence-corrected chi connectivity index (χ0v) is 5.59. The molecule has 0 N–H and O–H groups in total. The van der Waals surface area contributed by atoms with Crippen LogP contribution < -0.4 is 0 Å². The van der Waals surface area contributed by atoms with Crippen LogP contribution in [0.25, 0.3) is 0 Å². The van der Waals surface area contributed by atoms with Crippen molar-refractivity contribution in [3.8, 4) is 0 Å². The second-order valence-electron chi connectivity index (χ2n) is 2.29. The molecule has 1 radical (unpaired) electrons. The highest BCUT2D eigenvalue weighted by Gasteiger charge is 2.18. The standard InChI is InChI=1S/C7H11O2/c1-9-7-4-2-3-6(8)5-7/h4,7H,2-3,5H2,1H3. The molecule has 1 fully saturated rings. The van der Waals surface area contributed by atoms with Gasteiger partial charge in [-0.1, -0.05) is 0 Å². The first-order valence-electron chi connectivity index (χ1n) is 3.21. The summed E-state index contributed by atoms with van der Waals surface area (Å²) in [4.78, 5) is 10.7. The highest BCUT2D eigenvalue weighted by molar-refractivity contribution is 5.80. The number of methoxy groups -OCH3 is 1. The van der Waals surface area contributed by atoms with E-state index in [1.54, 1.807) is 7.11 Å². The van der Waals surface area contributed by atoms with E-state index in [1.807, 2.05) is 0 Å². The maximum Gasteiger partial charge on any atom is 0.135 e. The summed E-state index contributed by atoms with van der Waals surface area (Å²) < 4.78 is 4.99. The zero-order valence-electron chi connectivity index (χ0n) is 5.59. The van der Waals surface area contributed by atoms with Gasteiger partial charge in [0.25, 0.3) is 0 Å². The van der Waals surface area contributed by atoms with Gasteiger partial charge in [0.05, 0.1) is 6.10 Å². The Labute approximate surface area is 55.2 Å². The van der Waals surface area contributed by atoms with Crippen LogP contribution in [0.15, 0.2) is 0 Å². The minimum Gasteiger partial charge on any atom is -0.381 e. The first kappa shape index (κ1) is 6.75. The smallest absolute Gasteiger partial charge is 0.135 e. The van der Waals surface area contributed by atoms with Crippen LogP contribution in [0.2, 0.25) is 0 Å². The predicted molar refractivity (Wildman–Crippen MR) is 34.0 cm³/mol. The number of ether oxygens (including phenoxy) is 1. The Hall–Kier alpha value is -0.370. The van der Waals surface area contributed by atoms with Gasteiger partial charge in [-0.15, -0.1) is 0 Å². The van der Waals surface area contributed by atoms with E-state index < -0.39 is 0 Å². The second-order valence-corrected chi connectivity index (χ2v) is 2.29. The lowest BCUT2D eigenvalue weighted by atomic mass is 9.97. The summed E-state index contributed by atoms with van der Waals surface area (Å²) in [5.74, 6) is 0.323. The van der Waals surface area contributed by atoms with Crippen LogP contribution in [-0.2, 0) is 9.53 Å². The average molecular weight is 127 g/mol. The summed E-state index contributed by atoms with van der Waals surface area (Å²) in [5.41, 5.74) is 0. The van der Waals surface area contributed by atoms with Crippen molar-refractivity contribution in [2.24, 2.45) is 0 Å². The van der Waals surface area contributed by atoms with Crippen LogP contribution in [0, 0.1) is 6.42 Å². The average Bonchev–Trinajstić information content (AvgIpc) is 1.88. The lowest BCUT2D eigenvalue weighted by Crippen LogP contribution is -2.21. The molecule has 1 aliphatic rings. The molecule has 51 valence electrons. The molecule has 2 heteroatoms. The van der Waals surface area contributed by atoms with Crippen LogP contribution in [0.4, 0.5) is 0 Å². The number of hydrogen-bond acceptors (Lipinski definition) is 2. The van der Waals surface area contributed by atoms with Gasteiger partial charge in [-0.3, -0.25) is 4.79 Å². The molecular weight excluding hydrogens is 116 g/mol.